The highest BCUT2D eigenvalue weighted by atomic mass is 35.5. The Labute approximate surface area is 212 Å². The molecule has 0 fully saturated rings. The molecule has 3 amide bonds. The number of nitrogens with two attached hydrogens (primary N) is 1. The predicted octanol–water partition coefficient (Wildman–Crippen LogP) is 5.05. The Morgan fingerprint density at radius 1 is 1.17 bits per heavy atom. The maximum atomic E-state index is 13.7. The quantitative estimate of drug-likeness (QED) is 0.366. The number of anilines is 1. The van der Waals surface area contributed by atoms with E-state index < -0.39 is 29.8 Å². The van der Waals surface area contributed by atoms with Crippen LogP contribution >= 0.6 is 11.6 Å². The molecule has 0 bridgehead atoms. The van der Waals surface area contributed by atoms with Gasteiger partial charge in [0.2, 0.25) is 0 Å². The van der Waals surface area contributed by atoms with E-state index in [1.54, 1.807) is 19.2 Å². The Hall–Kier alpha value is -3.50. The van der Waals surface area contributed by atoms with Crippen molar-refractivity contribution in [2.75, 3.05) is 19.0 Å². The number of ether oxygens (including phenoxy) is 1. The molecule has 36 heavy (non-hydrogen) atoms. The van der Waals surface area contributed by atoms with Crippen LogP contribution < -0.4 is 16.4 Å². The zero-order chi connectivity index (χ0) is 26.2. The Morgan fingerprint density at radius 2 is 1.94 bits per heavy atom. The first-order valence-electron chi connectivity index (χ1n) is 11.3. The molecule has 0 saturated heterocycles. The van der Waals surface area contributed by atoms with E-state index >= 15 is 0 Å². The molecule has 0 radical (unpaired) electrons. The van der Waals surface area contributed by atoms with Gasteiger partial charge in [0.25, 0.3) is 0 Å². The molecule has 8 nitrogen and oxygen atoms in total. The molecule has 4 N–H and O–H groups in total. The number of urea groups is 1. The predicted molar refractivity (Wildman–Crippen MR) is 135 cm³/mol. The number of carbonyl (C=O) groups is 2. The van der Waals surface area contributed by atoms with Crippen molar-refractivity contribution in [1.82, 2.24) is 15.2 Å². The highest BCUT2D eigenvalue weighted by Crippen LogP contribution is 2.20. The van der Waals surface area contributed by atoms with Crippen molar-refractivity contribution >= 4 is 40.3 Å². The molecule has 1 aromatic heterocycles. The van der Waals surface area contributed by atoms with Gasteiger partial charge in [-0.05, 0) is 61.0 Å². The second-order valence-corrected chi connectivity index (χ2v) is 8.85. The lowest BCUT2D eigenvalue weighted by atomic mass is 10.1. The summed E-state index contributed by atoms with van der Waals surface area (Å²) in [7, 11) is 1.56. The van der Waals surface area contributed by atoms with Crippen LogP contribution in [0.3, 0.4) is 0 Å². The van der Waals surface area contributed by atoms with Gasteiger partial charge in [0.05, 0.1) is 11.1 Å². The number of rotatable bonds is 9. The Morgan fingerprint density at radius 3 is 2.69 bits per heavy atom. The highest BCUT2D eigenvalue weighted by molar-refractivity contribution is 6.31. The van der Waals surface area contributed by atoms with Crippen LogP contribution in [0.25, 0.3) is 10.8 Å². The normalized spacial score (nSPS) is 12.6. The fourth-order valence-electron chi connectivity index (χ4n) is 3.48. The van der Waals surface area contributed by atoms with Crippen LogP contribution in [0.4, 0.5) is 24.2 Å². The number of hydrogen-bond acceptors (Lipinski definition) is 5. The van der Waals surface area contributed by atoms with Crippen molar-refractivity contribution in [2.24, 2.45) is 5.73 Å². The molecule has 192 valence electrons. The largest absolute Gasteiger partial charge is 0.447 e. The lowest BCUT2D eigenvalue weighted by Gasteiger charge is -2.28. The van der Waals surface area contributed by atoms with Crippen LogP contribution in [0.1, 0.15) is 25.3 Å². The number of pyridine rings is 1. The van der Waals surface area contributed by atoms with E-state index in [1.807, 2.05) is 6.92 Å². The number of aromatic nitrogens is 1. The SMILES string of the molecule is CC(N)CC[C@@H](COC(=O)Nc1cc2cc(F)ccc2cn1)N(C)C(=O)NCc1cccc(F)c1Cl. The third-order valence-corrected chi connectivity index (χ3v) is 6.03. The molecule has 1 unspecified atom stereocenters. The van der Waals surface area contributed by atoms with E-state index in [1.165, 1.54) is 41.4 Å². The number of amides is 3. The second kappa shape index (κ2) is 12.5. The molecule has 3 aromatic rings. The summed E-state index contributed by atoms with van der Waals surface area (Å²) in [5, 5.41) is 6.44. The van der Waals surface area contributed by atoms with Gasteiger partial charge in [-0.1, -0.05) is 23.7 Å². The molecule has 0 aliphatic heterocycles. The molecule has 0 aliphatic carbocycles. The molecule has 2 aromatic carbocycles. The average Bonchev–Trinajstić information content (AvgIpc) is 2.84. The van der Waals surface area contributed by atoms with Crippen LogP contribution in [0, 0.1) is 11.6 Å². The Balaban J connectivity index is 1.59. The lowest BCUT2D eigenvalue weighted by Crippen LogP contribution is -2.46. The van der Waals surface area contributed by atoms with Crippen LogP contribution in [0.15, 0.2) is 48.7 Å². The summed E-state index contributed by atoms with van der Waals surface area (Å²) in [6.45, 7) is 1.76. The number of hydrogen-bond donors (Lipinski definition) is 3. The molecule has 2 atom stereocenters. The van der Waals surface area contributed by atoms with Gasteiger partial charge < -0.3 is 20.7 Å². The maximum absolute atomic E-state index is 13.7. The summed E-state index contributed by atoms with van der Waals surface area (Å²) in [6.07, 6.45) is 1.80. The number of carbonyl (C=O) groups excluding carboxylic acids is 2. The minimum Gasteiger partial charge on any atom is -0.447 e. The van der Waals surface area contributed by atoms with E-state index in [0.717, 1.165) is 5.39 Å². The van der Waals surface area contributed by atoms with Gasteiger partial charge in [0.15, 0.2) is 0 Å². The molecule has 1 heterocycles. The third kappa shape index (κ3) is 7.50. The van der Waals surface area contributed by atoms with Crippen LogP contribution in [0.5, 0.6) is 0 Å². The lowest BCUT2D eigenvalue weighted by molar-refractivity contribution is 0.112. The molecular formula is C25H28ClF2N5O3. The van der Waals surface area contributed by atoms with Crippen LogP contribution in [-0.2, 0) is 11.3 Å². The van der Waals surface area contributed by atoms with Crippen molar-refractivity contribution in [1.29, 1.82) is 0 Å². The number of fused-ring (bicyclic) bond motifs is 1. The molecule has 11 heteroatoms. The van der Waals surface area contributed by atoms with Gasteiger partial charge in [-0.15, -0.1) is 0 Å². The number of benzene rings is 2. The monoisotopic (exact) mass is 519 g/mol. The summed E-state index contributed by atoms with van der Waals surface area (Å²) in [5.74, 6) is -0.777. The van der Waals surface area contributed by atoms with E-state index in [9.17, 15) is 18.4 Å². The third-order valence-electron chi connectivity index (χ3n) is 5.61. The highest BCUT2D eigenvalue weighted by Gasteiger charge is 2.22. The summed E-state index contributed by atoms with van der Waals surface area (Å²) in [4.78, 5) is 30.7. The van der Waals surface area contributed by atoms with Crippen molar-refractivity contribution in [3.63, 3.8) is 0 Å². The molecule has 3 rings (SSSR count). The smallest absolute Gasteiger partial charge is 0.412 e. The Kier molecular flexibility index (Phi) is 9.38. The first-order valence-corrected chi connectivity index (χ1v) is 11.7. The second-order valence-electron chi connectivity index (χ2n) is 8.48. The Bertz CT molecular complexity index is 1230. The van der Waals surface area contributed by atoms with Crippen molar-refractivity contribution in [3.8, 4) is 0 Å². The van der Waals surface area contributed by atoms with Crippen molar-refractivity contribution in [2.45, 2.75) is 38.4 Å². The minimum absolute atomic E-state index is 0.0232. The summed E-state index contributed by atoms with van der Waals surface area (Å²) < 4.78 is 32.5. The number of nitrogens with one attached hydrogen (secondary N) is 2. The maximum Gasteiger partial charge on any atom is 0.412 e. The minimum atomic E-state index is -0.774. The fraction of sp³-hybridized carbons (Fsp3) is 0.320. The standard InChI is InChI=1S/C25H28ClF2N5O3/c1-15(29)6-9-20(33(2)24(34)31-13-17-4-3-5-21(28)23(17)26)14-36-25(35)32-22-11-18-10-19(27)8-7-16(18)12-30-22/h3-5,7-8,10-12,15,20H,6,9,13-14,29H2,1-2H3,(H,31,34)(H,30,32,35)/t15?,20-/m0/s1. The average molecular weight is 520 g/mol. The topological polar surface area (TPSA) is 110 Å². The fourth-order valence-corrected chi connectivity index (χ4v) is 3.68. The first kappa shape index (κ1) is 27.1. The van der Waals surface area contributed by atoms with Crippen LogP contribution in [-0.4, -0.2) is 47.7 Å². The molecular weight excluding hydrogens is 492 g/mol. The first-order chi connectivity index (χ1) is 17.1. The van der Waals surface area contributed by atoms with Gasteiger partial charge in [0.1, 0.15) is 24.1 Å². The number of likely N-dealkylation sites (N-methyl/N-ethyl adjacent to an activating group) is 1. The molecule has 0 aliphatic rings. The van der Waals surface area contributed by atoms with Crippen molar-refractivity contribution < 1.29 is 23.1 Å². The van der Waals surface area contributed by atoms with E-state index in [0.29, 0.717) is 23.8 Å². The van der Waals surface area contributed by atoms with E-state index in [2.05, 4.69) is 15.6 Å². The van der Waals surface area contributed by atoms with Crippen LogP contribution in [0.2, 0.25) is 5.02 Å². The van der Waals surface area contributed by atoms with Gasteiger partial charge >= 0.3 is 12.1 Å². The summed E-state index contributed by atoms with van der Waals surface area (Å²) in [5.41, 5.74) is 6.31. The molecule has 0 saturated carbocycles. The zero-order valence-corrected chi connectivity index (χ0v) is 20.7. The number of nitrogens with zero attached hydrogens (tertiary/aromatic N) is 2. The van der Waals surface area contributed by atoms with E-state index in [4.69, 9.17) is 22.1 Å². The summed E-state index contributed by atoms with van der Waals surface area (Å²) in [6, 6.07) is 9.08. The number of halogens is 3. The molecule has 0 spiro atoms. The zero-order valence-electron chi connectivity index (χ0n) is 19.9. The van der Waals surface area contributed by atoms with E-state index in [-0.39, 0.29) is 30.0 Å². The van der Waals surface area contributed by atoms with Gasteiger partial charge in [0, 0.05) is 31.2 Å². The van der Waals surface area contributed by atoms with Crippen molar-refractivity contribution in [3.05, 3.63) is 70.9 Å². The summed E-state index contributed by atoms with van der Waals surface area (Å²) >= 11 is 5.95. The van der Waals surface area contributed by atoms with Gasteiger partial charge in [-0.2, -0.15) is 0 Å². The van der Waals surface area contributed by atoms with Gasteiger partial charge in [-0.3, -0.25) is 5.32 Å². The van der Waals surface area contributed by atoms with Gasteiger partial charge in [-0.25, -0.2) is 23.4 Å².